The summed E-state index contributed by atoms with van der Waals surface area (Å²) in [5, 5.41) is 0. The zero-order valence-electron chi connectivity index (χ0n) is 10.9. The van der Waals surface area contributed by atoms with Gasteiger partial charge in [-0.05, 0) is 0 Å². The molecular formula is C18H14FTe+. The summed E-state index contributed by atoms with van der Waals surface area (Å²) in [6.07, 6.45) is 0. The van der Waals surface area contributed by atoms with Gasteiger partial charge >= 0.3 is 126 Å². The van der Waals surface area contributed by atoms with Crippen LogP contribution in [0, 0.1) is 5.82 Å². The monoisotopic (exact) mass is 379 g/mol. The van der Waals surface area contributed by atoms with E-state index in [1.807, 2.05) is 24.3 Å². The predicted octanol–water partition coefficient (Wildman–Crippen LogP) is 2.34. The second-order valence-electron chi connectivity index (χ2n) is 4.39. The summed E-state index contributed by atoms with van der Waals surface area (Å²) >= 11 is -1.86. The minimum atomic E-state index is -1.86. The van der Waals surface area contributed by atoms with Crippen LogP contribution in [0.15, 0.2) is 84.9 Å². The summed E-state index contributed by atoms with van der Waals surface area (Å²) in [4.78, 5) is 0. The van der Waals surface area contributed by atoms with E-state index in [9.17, 15) is 4.39 Å². The van der Waals surface area contributed by atoms with Crippen molar-refractivity contribution in [2.24, 2.45) is 0 Å². The maximum absolute atomic E-state index is 13.2. The van der Waals surface area contributed by atoms with Gasteiger partial charge in [0.1, 0.15) is 0 Å². The Hall–Kier alpha value is -1.62. The fourth-order valence-electron chi connectivity index (χ4n) is 2.09. The Balaban J connectivity index is 2.11. The molecule has 0 saturated carbocycles. The van der Waals surface area contributed by atoms with Crippen LogP contribution in [0.4, 0.5) is 4.39 Å². The first-order chi connectivity index (χ1) is 9.84. The van der Waals surface area contributed by atoms with Crippen molar-refractivity contribution in [3.05, 3.63) is 90.7 Å². The minimum absolute atomic E-state index is 0.173. The molecule has 0 saturated heterocycles. The van der Waals surface area contributed by atoms with Crippen LogP contribution in [0.1, 0.15) is 0 Å². The molecule has 0 spiro atoms. The van der Waals surface area contributed by atoms with Crippen molar-refractivity contribution in [1.29, 1.82) is 0 Å². The Labute approximate surface area is 125 Å². The van der Waals surface area contributed by atoms with E-state index in [2.05, 4.69) is 48.5 Å². The summed E-state index contributed by atoms with van der Waals surface area (Å²) in [5.41, 5.74) is 0. The van der Waals surface area contributed by atoms with E-state index in [0.29, 0.717) is 0 Å². The number of hydrogen-bond donors (Lipinski definition) is 0. The molecule has 0 aliphatic rings. The zero-order valence-corrected chi connectivity index (χ0v) is 13.2. The van der Waals surface area contributed by atoms with Gasteiger partial charge in [0.2, 0.25) is 0 Å². The SMILES string of the molecule is Fc1ccc([Te+](c2ccccc2)c2ccccc2)cc1. The Kier molecular flexibility index (Phi) is 4.16. The molecule has 0 fully saturated rings. The average Bonchev–Trinajstić information content (AvgIpc) is 2.52. The van der Waals surface area contributed by atoms with Crippen LogP contribution in [0.2, 0.25) is 0 Å². The van der Waals surface area contributed by atoms with Gasteiger partial charge in [0.05, 0.1) is 0 Å². The summed E-state index contributed by atoms with van der Waals surface area (Å²) < 4.78 is 17.2. The first-order valence-corrected chi connectivity index (χ1v) is 9.94. The number of hydrogen-bond acceptors (Lipinski definition) is 0. The predicted molar refractivity (Wildman–Crippen MR) is 83.9 cm³/mol. The standard InChI is InChI=1S/C18H14FTe/c19-15-11-13-18(14-12-15)20(16-7-3-1-4-8-16)17-9-5-2-6-10-17/h1-14H/q+1. The first-order valence-electron chi connectivity index (χ1n) is 6.44. The van der Waals surface area contributed by atoms with Gasteiger partial charge in [-0.3, -0.25) is 0 Å². The van der Waals surface area contributed by atoms with Gasteiger partial charge in [-0.2, -0.15) is 0 Å². The van der Waals surface area contributed by atoms with Crippen LogP contribution >= 0.6 is 0 Å². The van der Waals surface area contributed by atoms with Crippen molar-refractivity contribution in [1.82, 2.24) is 0 Å². The number of rotatable bonds is 3. The fourth-order valence-corrected chi connectivity index (χ4v) is 8.04. The quantitative estimate of drug-likeness (QED) is 0.615. The third kappa shape index (κ3) is 2.93. The van der Waals surface area contributed by atoms with E-state index in [0.717, 1.165) is 0 Å². The molecule has 0 N–H and O–H groups in total. The third-order valence-corrected chi connectivity index (χ3v) is 9.37. The molecule has 0 aliphatic carbocycles. The Bertz CT molecular complexity index is 623. The topological polar surface area (TPSA) is 0 Å². The van der Waals surface area contributed by atoms with Crippen LogP contribution in [0.25, 0.3) is 0 Å². The maximum atomic E-state index is 13.2. The van der Waals surface area contributed by atoms with Crippen molar-refractivity contribution in [2.75, 3.05) is 0 Å². The van der Waals surface area contributed by atoms with Gasteiger partial charge < -0.3 is 0 Å². The molecule has 3 aromatic carbocycles. The third-order valence-electron chi connectivity index (χ3n) is 3.01. The molecule has 3 rings (SSSR count). The normalized spacial score (nSPS) is 10.7. The Morgan fingerprint density at radius 3 is 1.35 bits per heavy atom. The molecule has 0 unspecified atom stereocenters. The van der Waals surface area contributed by atoms with Crippen LogP contribution in [0.3, 0.4) is 0 Å². The van der Waals surface area contributed by atoms with Crippen LogP contribution in [-0.2, 0) is 0 Å². The molecule has 0 amide bonds. The molecule has 0 atom stereocenters. The molecule has 0 aliphatic heterocycles. The van der Waals surface area contributed by atoms with Crippen LogP contribution < -0.4 is 10.8 Å². The summed E-state index contributed by atoms with van der Waals surface area (Å²) in [5.74, 6) is -0.173. The van der Waals surface area contributed by atoms with Gasteiger partial charge in [-0.1, -0.05) is 0 Å². The summed E-state index contributed by atoms with van der Waals surface area (Å²) in [6.45, 7) is 0. The molecule has 98 valence electrons. The average molecular weight is 377 g/mol. The van der Waals surface area contributed by atoms with Gasteiger partial charge in [0, 0.05) is 0 Å². The first kappa shape index (κ1) is 13.4. The van der Waals surface area contributed by atoms with Crippen molar-refractivity contribution in [3.63, 3.8) is 0 Å². The van der Waals surface area contributed by atoms with E-state index in [4.69, 9.17) is 0 Å². The van der Waals surface area contributed by atoms with Gasteiger partial charge in [0.15, 0.2) is 0 Å². The molecule has 0 radical (unpaired) electrons. The van der Waals surface area contributed by atoms with Gasteiger partial charge in [0.25, 0.3) is 0 Å². The summed E-state index contributed by atoms with van der Waals surface area (Å²) in [7, 11) is 0. The molecule has 0 heterocycles. The van der Waals surface area contributed by atoms with Crippen molar-refractivity contribution < 1.29 is 4.39 Å². The zero-order chi connectivity index (χ0) is 13.8. The Morgan fingerprint density at radius 2 is 0.900 bits per heavy atom. The van der Waals surface area contributed by atoms with Crippen molar-refractivity contribution in [3.8, 4) is 0 Å². The molecule has 3 aromatic rings. The Morgan fingerprint density at radius 1 is 0.500 bits per heavy atom. The second-order valence-corrected chi connectivity index (χ2v) is 10.2. The number of benzene rings is 3. The van der Waals surface area contributed by atoms with Crippen LogP contribution in [0.5, 0.6) is 0 Å². The van der Waals surface area contributed by atoms with E-state index in [1.54, 1.807) is 12.1 Å². The van der Waals surface area contributed by atoms with Gasteiger partial charge in [-0.15, -0.1) is 0 Å². The second kappa shape index (κ2) is 6.22. The van der Waals surface area contributed by atoms with E-state index in [-0.39, 0.29) is 5.82 Å². The van der Waals surface area contributed by atoms with E-state index in [1.165, 1.54) is 10.8 Å². The van der Waals surface area contributed by atoms with E-state index >= 15 is 0 Å². The molecule has 0 bridgehead atoms. The molecule has 0 aromatic heterocycles. The molecule has 20 heavy (non-hydrogen) atoms. The van der Waals surface area contributed by atoms with E-state index < -0.39 is 19.6 Å². The molecule has 2 heteroatoms. The van der Waals surface area contributed by atoms with Crippen LogP contribution in [-0.4, -0.2) is 19.6 Å². The van der Waals surface area contributed by atoms with Gasteiger partial charge in [-0.25, -0.2) is 0 Å². The van der Waals surface area contributed by atoms with Crippen molar-refractivity contribution in [2.45, 2.75) is 0 Å². The number of halogens is 1. The molecular weight excluding hydrogens is 363 g/mol. The summed E-state index contributed by atoms with van der Waals surface area (Å²) in [6, 6.07) is 28.1. The molecule has 0 nitrogen and oxygen atoms in total. The fraction of sp³-hybridized carbons (Fsp3) is 0. The van der Waals surface area contributed by atoms with Crippen molar-refractivity contribution >= 4 is 30.4 Å².